The summed E-state index contributed by atoms with van der Waals surface area (Å²) in [4.78, 5) is 31.3. The fraction of sp³-hybridized carbons (Fsp3) is 0.556. The number of hydrogen-bond donors (Lipinski definition) is 0. The standard InChI is InChI=1S/C27H38N4O4S/c1-7-12-21-23-24(31(9-3)29-21)25(32)30(22(8-2)28-23)17-11-18-35-19-13-15-20(16-14-19)36-27(5,6)26(33)34-10-4/h13-16H,7-12,17-18H2,1-6H3. The van der Waals surface area contributed by atoms with E-state index in [9.17, 15) is 9.59 Å². The second-order valence-corrected chi connectivity index (χ2v) is 10.8. The number of aryl methyl sites for hydroxylation is 3. The Morgan fingerprint density at radius 1 is 1.11 bits per heavy atom. The number of ether oxygens (including phenoxy) is 2. The molecule has 0 unspecified atom stereocenters. The highest BCUT2D eigenvalue weighted by molar-refractivity contribution is 8.01. The van der Waals surface area contributed by atoms with Crippen LogP contribution in [0, 0.1) is 0 Å². The van der Waals surface area contributed by atoms with Crippen molar-refractivity contribution < 1.29 is 14.3 Å². The maximum atomic E-state index is 13.4. The van der Waals surface area contributed by atoms with Gasteiger partial charge in [0.2, 0.25) is 0 Å². The summed E-state index contributed by atoms with van der Waals surface area (Å²) < 4.78 is 14.0. The highest BCUT2D eigenvalue weighted by Gasteiger charge is 2.30. The molecule has 3 aromatic rings. The van der Waals surface area contributed by atoms with Crippen molar-refractivity contribution in [1.82, 2.24) is 19.3 Å². The minimum Gasteiger partial charge on any atom is -0.494 e. The maximum absolute atomic E-state index is 13.4. The van der Waals surface area contributed by atoms with E-state index in [0.29, 0.717) is 44.7 Å². The van der Waals surface area contributed by atoms with Crippen LogP contribution in [-0.4, -0.2) is 43.3 Å². The third-order valence-corrected chi connectivity index (χ3v) is 7.04. The number of carbonyl (C=O) groups is 1. The Kier molecular flexibility index (Phi) is 9.59. The van der Waals surface area contributed by atoms with Crippen LogP contribution < -0.4 is 10.3 Å². The van der Waals surface area contributed by atoms with Gasteiger partial charge in [0.05, 0.1) is 18.9 Å². The molecular weight excluding hydrogens is 476 g/mol. The lowest BCUT2D eigenvalue weighted by molar-refractivity contribution is -0.145. The van der Waals surface area contributed by atoms with E-state index < -0.39 is 4.75 Å². The Labute approximate surface area is 217 Å². The average molecular weight is 515 g/mol. The van der Waals surface area contributed by atoms with Crippen LogP contribution >= 0.6 is 11.8 Å². The molecule has 0 saturated carbocycles. The van der Waals surface area contributed by atoms with Crippen molar-refractivity contribution in [2.75, 3.05) is 13.2 Å². The summed E-state index contributed by atoms with van der Waals surface area (Å²) in [6, 6.07) is 7.68. The molecule has 0 amide bonds. The molecule has 2 aromatic heterocycles. The van der Waals surface area contributed by atoms with Crippen molar-refractivity contribution in [1.29, 1.82) is 0 Å². The first kappa shape index (κ1) is 27.8. The van der Waals surface area contributed by atoms with Crippen molar-refractivity contribution >= 4 is 28.8 Å². The first-order valence-corrected chi connectivity index (χ1v) is 13.6. The maximum Gasteiger partial charge on any atom is 0.321 e. The van der Waals surface area contributed by atoms with E-state index in [0.717, 1.165) is 40.5 Å². The van der Waals surface area contributed by atoms with E-state index >= 15 is 0 Å². The molecule has 0 saturated heterocycles. The van der Waals surface area contributed by atoms with Crippen LogP contribution in [0.15, 0.2) is 34.0 Å². The zero-order valence-corrected chi connectivity index (χ0v) is 23.1. The number of nitrogens with zero attached hydrogens (tertiary/aromatic N) is 4. The molecule has 0 aliphatic rings. The Morgan fingerprint density at radius 3 is 2.44 bits per heavy atom. The predicted octanol–water partition coefficient (Wildman–Crippen LogP) is 5.03. The summed E-state index contributed by atoms with van der Waals surface area (Å²) in [5.74, 6) is 1.30. The van der Waals surface area contributed by atoms with Gasteiger partial charge in [0.1, 0.15) is 21.8 Å². The van der Waals surface area contributed by atoms with Crippen LogP contribution in [0.25, 0.3) is 11.0 Å². The Hall–Kier alpha value is -2.81. The molecule has 0 radical (unpaired) electrons. The van der Waals surface area contributed by atoms with Crippen LogP contribution in [0.1, 0.15) is 65.9 Å². The number of rotatable bonds is 13. The predicted molar refractivity (Wildman–Crippen MR) is 144 cm³/mol. The third kappa shape index (κ3) is 6.30. The summed E-state index contributed by atoms with van der Waals surface area (Å²) in [5, 5.41) is 4.65. The smallest absolute Gasteiger partial charge is 0.321 e. The molecule has 0 bridgehead atoms. The van der Waals surface area contributed by atoms with Gasteiger partial charge >= 0.3 is 5.97 Å². The number of fused-ring (bicyclic) bond motifs is 1. The molecule has 1 aromatic carbocycles. The van der Waals surface area contributed by atoms with E-state index in [4.69, 9.17) is 14.5 Å². The summed E-state index contributed by atoms with van der Waals surface area (Å²) in [5.41, 5.74) is 2.22. The Morgan fingerprint density at radius 2 is 1.83 bits per heavy atom. The lowest BCUT2D eigenvalue weighted by Gasteiger charge is -2.21. The largest absolute Gasteiger partial charge is 0.494 e. The molecule has 196 valence electrons. The highest BCUT2D eigenvalue weighted by atomic mass is 32.2. The van der Waals surface area contributed by atoms with Gasteiger partial charge in [-0.1, -0.05) is 20.3 Å². The minimum atomic E-state index is -0.664. The molecule has 2 heterocycles. The molecule has 3 rings (SSSR count). The highest BCUT2D eigenvalue weighted by Crippen LogP contribution is 2.34. The van der Waals surface area contributed by atoms with Gasteiger partial charge in [-0.15, -0.1) is 11.8 Å². The van der Waals surface area contributed by atoms with Crippen molar-refractivity contribution in [2.45, 2.75) is 90.0 Å². The zero-order valence-electron chi connectivity index (χ0n) is 22.3. The van der Waals surface area contributed by atoms with Gasteiger partial charge in [-0.2, -0.15) is 5.10 Å². The van der Waals surface area contributed by atoms with Gasteiger partial charge in [-0.25, -0.2) is 4.98 Å². The van der Waals surface area contributed by atoms with Gasteiger partial charge in [0.25, 0.3) is 5.56 Å². The van der Waals surface area contributed by atoms with E-state index in [-0.39, 0.29) is 11.5 Å². The van der Waals surface area contributed by atoms with E-state index in [1.807, 2.05) is 58.9 Å². The zero-order chi connectivity index (χ0) is 26.3. The summed E-state index contributed by atoms with van der Waals surface area (Å²) in [7, 11) is 0. The van der Waals surface area contributed by atoms with Crippen molar-refractivity contribution in [3.63, 3.8) is 0 Å². The van der Waals surface area contributed by atoms with Crippen LogP contribution in [0.5, 0.6) is 5.75 Å². The van der Waals surface area contributed by atoms with Crippen LogP contribution in [-0.2, 0) is 35.5 Å². The van der Waals surface area contributed by atoms with Crippen molar-refractivity contribution in [3.05, 3.63) is 46.1 Å². The van der Waals surface area contributed by atoms with E-state index in [1.54, 1.807) is 9.25 Å². The van der Waals surface area contributed by atoms with E-state index in [1.165, 1.54) is 11.8 Å². The second kappa shape index (κ2) is 12.4. The van der Waals surface area contributed by atoms with Gasteiger partial charge in [-0.3, -0.25) is 18.8 Å². The first-order chi connectivity index (χ1) is 17.2. The SMILES string of the molecule is CCCc1nn(CC)c2c(=O)n(CCCOc3ccc(SC(C)(C)C(=O)OCC)cc3)c(CC)nc12. The number of hydrogen-bond acceptors (Lipinski definition) is 7. The van der Waals surface area contributed by atoms with E-state index in [2.05, 4.69) is 12.0 Å². The molecule has 0 N–H and O–H groups in total. The number of benzene rings is 1. The second-order valence-electron chi connectivity index (χ2n) is 9.05. The number of aromatic nitrogens is 4. The third-order valence-electron chi connectivity index (χ3n) is 5.86. The number of carbonyl (C=O) groups excluding carboxylic acids is 1. The molecular formula is C27H38N4O4S. The molecule has 8 nitrogen and oxygen atoms in total. The van der Waals surface area contributed by atoms with Crippen LogP contribution in [0.2, 0.25) is 0 Å². The Bertz CT molecular complexity index is 1230. The fourth-order valence-corrected chi connectivity index (χ4v) is 5.06. The van der Waals surface area contributed by atoms with Gasteiger partial charge < -0.3 is 9.47 Å². The molecule has 0 aliphatic heterocycles. The lowest BCUT2D eigenvalue weighted by atomic mass is 10.2. The fourth-order valence-electron chi connectivity index (χ4n) is 4.06. The van der Waals surface area contributed by atoms with Crippen LogP contribution in [0.4, 0.5) is 0 Å². The topological polar surface area (TPSA) is 88.2 Å². The normalized spacial score (nSPS) is 11.7. The van der Waals surface area contributed by atoms with Gasteiger partial charge in [-0.05, 0) is 64.8 Å². The first-order valence-electron chi connectivity index (χ1n) is 12.8. The summed E-state index contributed by atoms with van der Waals surface area (Å²) >= 11 is 1.46. The van der Waals surface area contributed by atoms with Gasteiger partial charge in [0, 0.05) is 24.4 Å². The van der Waals surface area contributed by atoms with Crippen molar-refractivity contribution in [3.8, 4) is 5.75 Å². The molecule has 0 atom stereocenters. The van der Waals surface area contributed by atoms with Gasteiger partial charge in [0.15, 0.2) is 5.52 Å². The Balaban J connectivity index is 1.65. The molecule has 0 fully saturated rings. The molecule has 0 spiro atoms. The number of esters is 1. The molecule has 36 heavy (non-hydrogen) atoms. The summed E-state index contributed by atoms with van der Waals surface area (Å²) in [6.45, 7) is 13.7. The lowest BCUT2D eigenvalue weighted by Crippen LogP contribution is -2.29. The molecule has 9 heteroatoms. The summed E-state index contributed by atoms with van der Waals surface area (Å²) in [6.07, 6.45) is 3.13. The monoisotopic (exact) mass is 514 g/mol. The molecule has 0 aliphatic carbocycles. The quantitative estimate of drug-likeness (QED) is 0.180. The average Bonchev–Trinajstić information content (AvgIpc) is 3.21. The number of thioether (sulfide) groups is 1. The van der Waals surface area contributed by atoms with Crippen molar-refractivity contribution in [2.24, 2.45) is 0 Å². The minimum absolute atomic E-state index is 0.0286. The van der Waals surface area contributed by atoms with Crippen LogP contribution in [0.3, 0.4) is 0 Å².